The molecule has 1 aliphatic heterocycles. The van der Waals surface area contributed by atoms with E-state index in [4.69, 9.17) is 16.6 Å². The predicted molar refractivity (Wildman–Crippen MR) is 109 cm³/mol. The first-order valence-corrected chi connectivity index (χ1v) is 9.67. The molecule has 5 nitrogen and oxygen atoms in total. The Morgan fingerprint density at radius 1 is 1.15 bits per heavy atom. The molecular formula is C21H23ClN4O. The van der Waals surface area contributed by atoms with Crippen LogP contribution in [0.2, 0.25) is 5.02 Å². The van der Waals surface area contributed by atoms with Gasteiger partial charge in [0.15, 0.2) is 0 Å². The number of nitrogens with zero attached hydrogens (tertiary/aromatic N) is 3. The third-order valence-electron chi connectivity index (χ3n) is 5.33. The quantitative estimate of drug-likeness (QED) is 0.739. The van der Waals surface area contributed by atoms with E-state index < -0.39 is 0 Å². The number of para-hydroxylation sites is 3. The molecule has 1 aromatic heterocycles. The van der Waals surface area contributed by atoms with Gasteiger partial charge in [0, 0.05) is 13.0 Å². The fourth-order valence-corrected chi connectivity index (χ4v) is 3.87. The molecule has 0 unspecified atom stereocenters. The highest BCUT2D eigenvalue weighted by molar-refractivity contribution is 6.33. The average molecular weight is 383 g/mol. The minimum Gasteiger partial charge on any atom is -0.330 e. The van der Waals surface area contributed by atoms with Crippen molar-refractivity contribution in [3.63, 3.8) is 0 Å². The Morgan fingerprint density at radius 3 is 2.59 bits per heavy atom. The van der Waals surface area contributed by atoms with Crippen LogP contribution in [0.5, 0.6) is 0 Å². The number of piperidine rings is 1. The molecule has 1 aliphatic rings. The number of rotatable bonds is 4. The van der Waals surface area contributed by atoms with E-state index in [-0.39, 0.29) is 11.8 Å². The number of likely N-dealkylation sites (tertiary alicyclic amines) is 1. The molecule has 2 heterocycles. The third-order valence-corrected chi connectivity index (χ3v) is 5.66. The number of hydrogen-bond donors (Lipinski definition) is 1. The molecule has 1 saturated heterocycles. The molecule has 3 aromatic rings. The minimum absolute atomic E-state index is 0.0259. The lowest BCUT2D eigenvalue weighted by Gasteiger charge is -2.31. The first-order valence-electron chi connectivity index (χ1n) is 9.30. The fraction of sp³-hybridized carbons (Fsp3) is 0.333. The molecular weight excluding hydrogens is 360 g/mol. The van der Waals surface area contributed by atoms with Crippen molar-refractivity contribution in [2.75, 3.05) is 18.4 Å². The van der Waals surface area contributed by atoms with Crippen LogP contribution in [0.3, 0.4) is 0 Å². The van der Waals surface area contributed by atoms with Gasteiger partial charge < -0.3 is 9.88 Å². The topological polar surface area (TPSA) is 50.2 Å². The Hall–Kier alpha value is -2.37. The molecule has 0 saturated carbocycles. The summed E-state index contributed by atoms with van der Waals surface area (Å²) in [4.78, 5) is 19.7. The maximum Gasteiger partial charge on any atom is 0.227 e. The van der Waals surface area contributed by atoms with Crippen LogP contribution >= 0.6 is 11.6 Å². The summed E-state index contributed by atoms with van der Waals surface area (Å²) < 4.78 is 2.16. The van der Waals surface area contributed by atoms with E-state index in [0.29, 0.717) is 10.7 Å². The molecule has 0 aliphatic carbocycles. The second-order valence-electron chi connectivity index (χ2n) is 7.10. The number of benzene rings is 2. The number of carbonyl (C=O) groups is 1. The Balaban J connectivity index is 1.35. The molecule has 6 heteroatoms. The number of aryl methyl sites for hydroxylation is 1. The standard InChI is InChI=1S/C21H23ClN4O/c1-25-19-9-5-4-8-18(19)23-20(25)14-26-12-10-15(11-13-26)21(27)24-17-7-3-2-6-16(17)22/h2-9,15H,10-14H2,1H3,(H,24,27). The number of nitrogens with one attached hydrogen (secondary N) is 1. The number of halogens is 1. The van der Waals surface area contributed by atoms with Crippen LogP contribution in [0, 0.1) is 5.92 Å². The zero-order chi connectivity index (χ0) is 18.8. The van der Waals surface area contributed by atoms with Crippen LogP contribution in [-0.4, -0.2) is 33.4 Å². The summed E-state index contributed by atoms with van der Waals surface area (Å²) >= 11 is 6.14. The Morgan fingerprint density at radius 2 is 1.85 bits per heavy atom. The highest BCUT2D eigenvalue weighted by Gasteiger charge is 2.26. The first kappa shape index (κ1) is 18.0. The van der Waals surface area contributed by atoms with Gasteiger partial charge >= 0.3 is 0 Å². The Bertz CT molecular complexity index is 960. The summed E-state index contributed by atoms with van der Waals surface area (Å²) in [6.45, 7) is 2.59. The van der Waals surface area contributed by atoms with Crippen LogP contribution in [0.4, 0.5) is 5.69 Å². The van der Waals surface area contributed by atoms with E-state index >= 15 is 0 Å². The van der Waals surface area contributed by atoms with E-state index in [9.17, 15) is 4.79 Å². The lowest BCUT2D eigenvalue weighted by Crippen LogP contribution is -2.38. The SMILES string of the molecule is Cn1c(CN2CCC(C(=O)Nc3ccccc3Cl)CC2)nc2ccccc21. The van der Waals surface area contributed by atoms with Crippen LogP contribution in [-0.2, 0) is 18.4 Å². The van der Waals surface area contributed by atoms with Crippen molar-refractivity contribution in [1.29, 1.82) is 0 Å². The molecule has 0 radical (unpaired) electrons. The van der Waals surface area contributed by atoms with Crippen molar-refractivity contribution >= 4 is 34.2 Å². The lowest BCUT2D eigenvalue weighted by atomic mass is 9.96. The van der Waals surface area contributed by atoms with Crippen LogP contribution < -0.4 is 5.32 Å². The number of amides is 1. The van der Waals surface area contributed by atoms with E-state index in [2.05, 4.69) is 27.9 Å². The zero-order valence-electron chi connectivity index (χ0n) is 15.4. The van der Waals surface area contributed by atoms with Gasteiger partial charge in [-0.3, -0.25) is 9.69 Å². The van der Waals surface area contributed by atoms with Gasteiger partial charge in [-0.2, -0.15) is 0 Å². The van der Waals surface area contributed by atoms with Crippen LogP contribution in [0.1, 0.15) is 18.7 Å². The van der Waals surface area contributed by atoms with Gasteiger partial charge in [0.05, 0.1) is 28.3 Å². The van der Waals surface area contributed by atoms with Crippen molar-refractivity contribution in [2.24, 2.45) is 13.0 Å². The molecule has 0 spiro atoms. The zero-order valence-corrected chi connectivity index (χ0v) is 16.1. The Labute approximate surface area is 163 Å². The largest absolute Gasteiger partial charge is 0.330 e. The molecule has 2 aromatic carbocycles. The minimum atomic E-state index is 0.0259. The maximum atomic E-state index is 12.6. The van der Waals surface area contributed by atoms with Gasteiger partial charge in [-0.05, 0) is 50.2 Å². The van der Waals surface area contributed by atoms with Crippen molar-refractivity contribution in [1.82, 2.24) is 14.5 Å². The second kappa shape index (κ2) is 7.71. The monoisotopic (exact) mass is 382 g/mol. The molecule has 27 heavy (non-hydrogen) atoms. The van der Waals surface area contributed by atoms with E-state index in [0.717, 1.165) is 49.3 Å². The highest BCUT2D eigenvalue weighted by atomic mass is 35.5. The highest BCUT2D eigenvalue weighted by Crippen LogP contribution is 2.25. The van der Waals surface area contributed by atoms with Crippen molar-refractivity contribution < 1.29 is 4.79 Å². The van der Waals surface area contributed by atoms with Gasteiger partial charge in [-0.25, -0.2) is 4.98 Å². The predicted octanol–water partition coefficient (Wildman–Crippen LogP) is 4.08. The molecule has 1 fully saturated rings. The van der Waals surface area contributed by atoms with E-state index in [1.807, 2.05) is 36.4 Å². The number of carbonyl (C=O) groups excluding carboxylic acids is 1. The van der Waals surface area contributed by atoms with Crippen molar-refractivity contribution in [2.45, 2.75) is 19.4 Å². The molecule has 140 valence electrons. The number of aromatic nitrogens is 2. The second-order valence-corrected chi connectivity index (χ2v) is 7.50. The first-order chi connectivity index (χ1) is 13.1. The normalized spacial score (nSPS) is 15.9. The smallest absolute Gasteiger partial charge is 0.227 e. The summed E-state index contributed by atoms with van der Waals surface area (Å²) in [5.74, 6) is 1.15. The maximum absolute atomic E-state index is 12.6. The molecule has 1 N–H and O–H groups in total. The van der Waals surface area contributed by atoms with Crippen molar-refractivity contribution in [3.05, 3.63) is 59.4 Å². The number of anilines is 1. The average Bonchev–Trinajstić information content (AvgIpc) is 3.00. The molecule has 1 amide bonds. The van der Waals surface area contributed by atoms with Gasteiger partial charge in [-0.1, -0.05) is 35.9 Å². The van der Waals surface area contributed by atoms with E-state index in [1.54, 1.807) is 6.07 Å². The molecule has 4 rings (SSSR count). The van der Waals surface area contributed by atoms with Gasteiger partial charge in [-0.15, -0.1) is 0 Å². The van der Waals surface area contributed by atoms with Gasteiger partial charge in [0.1, 0.15) is 5.82 Å². The lowest BCUT2D eigenvalue weighted by molar-refractivity contribution is -0.121. The number of fused-ring (bicyclic) bond motifs is 1. The summed E-state index contributed by atoms with van der Waals surface area (Å²) in [6, 6.07) is 15.6. The summed E-state index contributed by atoms with van der Waals surface area (Å²) in [5, 5.41) is 3.54. The van der Waals surface area contributed by atoms with Gasteiger partial charge in [0.25, 0.3) is 0 Å². The summed E-state index contributed by atoms with van der Waals surface area (Å²) in [7, 11) is 2.06. The fourth-order valence-electron chi connectivity index (χ4n) is 3.69. The number of imidazole rings is 1. The molecule has 0 bridgehead atoms. The third kappa shape index (κ3) is 3.84. The Kier molecular flexibility index (Phi) is 5.14. The van der Waals surface area contributed by atoms with Crippen molar-refractivity contribution in [3.8, 4) is 0 Å². The summed E-state index contributed by atoms with van der Waals surface area (Å²) in [6.07, 6.45) is 1.69. The van der Waals surface area contributed by atoms with Gasteiger partial charge in [0.2, 0.25) is 5.91 Å². The molecule has 0 atom stereocenters. The van der Waals surface area contributed by atoms with Crippen LogP contribution in [0.25, 0.3) is 11.0 Å². The van der Waals surface area contributed by atoms with Crippen LogP contribution in [0.15, 0.2) is 48.5 Å². The number of hydrogen-bond acceptors (Lipinski definition) is 3. The summed E-state index contributed by atoms with van der Waals surface area (Å²) in [5.41, 5.74) is 2.87. The van der Waals surface area contributed by atoms with E-state index in [1.165, 1.54) is 0 Å².